The molecule has 15 nitrogen and oxygen atoms in total. The molecule has 0 bridgehead atoms. The second-order valence-corrected chi connectivity index (χ2v) is 31.4. The quantitative estimate of drug-likeness (QED) is 0.0603. The maximum Gasteiger partial charge on any atom is 0.177 e. The molecule has 360 valence electrons. The van der Waals surface area contributed by atoms with E-state index < -0.39 is 27.4 Å². The molecule has 6 aromatic heterocycles. The zero-order valence-electron chi connectivity index (χ0n) is 40.0. The lowest BCUT2D eigenvalue weighted by atomic mass is 9.75. The van der Waals surface area contributed by atoms with Crippen LogP contribution < -0.4 is 14.7 Å². The third-order valence-corrected chi connectivity index (χ3v) is 18.5. The van der Waals surface area contributed by atoms with Gasteiger partial charge in [-0.1, -0.05) is 51.5 Å². The molecule has 0 amide bonds. The summed E-state index contributed by atoms with van der Waals surface area (Å²) in [6, 6.07) is 12.1. The number of halogens is 1. The highest BCUT2D eigenvalue weighted by atomic mass is 35.5. The third kappa shape index (κ3) is 11.3. The molecule has 10 rings (SSSR count). The van der Waals surface area contributed by atoms with Crippen LogP contribution in [0.15, 0.2) is 83.6 Å². The minimum Gasteiger partial charge on any atom is -0.361 e. The molecule has 1 N–H and O–H groups in total. The van der Waals surface area contributed by atoms with Crippen LogP contribution >= 0.6 is 11.6 Å². The van der Waals surface area contributed by atoms with Gasteiger partial charge in [-0.3, -0.25) is 4.21 Å². The molecule has 0 spiro atoms. The summed E-state index contributed by atoms with van der Waals surface area (Å²) < 4.78 is 42.8. The Morgan fingerprint density at radius 2 is 1.46 bits per heavy atom. The molecule has 3 aliphatic heterocycles. The molecule has 1 aliphatic carbocycles. The highest BCUT2D eigenvalue weighted by molar-refractivity contribution is 7.99. The van der Waals surface area contributed by atoms with Gasteiger partial charge >= 0.3 is 0 Å². The van der Waals surface area contributed by atoms with Gasteiger partial charge in [0, 0.05) is 102 Å². The van der Waals surface area contributed by atoms with E-state index in [9.17, 15) is 12.6 Å². The fraction of sp³-hybridized carbons (Fsp3) is 0.521. The number of aromatic nitrogens is 8. The van der Waals surface area contributed by atoms with E-state index in [1.165, 1.54) is 50.4 Å². The van der Waals surface area contributed by atoms with Crippen LogP contribution in [0.3, 0.4) is 0 Å². The SMILES string of the molecule is C=S(C)(=O)c1ccc(Cl)nc1.C[C@]12CCC[C@H]1CCN(c1ncnc3c1ccn3COCC[Si](C)(C)C)C2.C[C@]12CN(c3ccc(S(C)(=O)=O)cn3)C[C@H]1CCN(c1ncnc3[nH]ccc13)C2. The van der Waals surface area contributed by atoms with E-state index in [1.807, 2.05) is 18.3 Å². The van der Waals surface area contributed by atoms with Crippen molar-refractivity contribution >= 4 is 84.4 Å². The Morgan fingerprint density at radius 1 is 0.791 bits per heavy atom. The van der Waals surface area contributed by atoms with Crippen LogP contribution in [0.4, 0.5) is 17.5 Å². The minimum atomic E-state index is -3.23. The first-order valence-corrected chi connectivity index (χ1v) is 31.3. The molecule has 5 atom stereocenters. The van der Waals surface area contributed by atoms with E-state index in [2.05, 4.69) is 106 Å². The number of rotatable bonds is 10. The van der Waals surface area contributed by atoms with Crippen molar-refractivity contribution in [3.63, 3.8) is 0 Å². The fourth-order valence-corrected chi connectivity index (χ4v) is 12.4. The van der Waals surface area contributed by atoms with Crippen molar-refractivity contribution < 1.29 is 17.4 Å². The van der Waals surface area contributed by atoms with Crippen LogP contribution in [0, 0.1) is 22.7 Å². The molecule has 4 fully saturated rings. The van der Waals surface area contributed by atoms with Crippen molar-refractivity contribution in [2.24, 2.45) is 22.7 Å². The number of H-pyrrole nitrogens is 1. The van der Waals surface area contributed by atoms with E-state index in [0.29, 0.717) is 28.1 Å². The van der Waals surface area contributed by atoms with Crippen molar-refractivity contribution in [3.8, 4) is 0 Å². The summed E-state index contributed by atoms with van der Waals surface area (Å²) in [5.74, 6) is 7.92. The van der Waals surface area contributed by atoms with Crippen LogP contribution in [0.1, 0.15) is 46.0 Å². The average Bonchev–Trinajstić information content (AvgIpc) is 4.09. The number of ether oxygens (including phenoxy) is 1. The second-order valence-electron chi connectivity index (χ2n) is 20.8. The molecule has 0 radical (unpaired) electrons. The van der Waals surface area contributed by atoms with E-state index in [-0.39, 0.29) is 10.3 Å². The standard InChI is InChI=1S/C21H34N4OSi.C20H24N6O2S.C7H8ClNOS/c1-21-9-5-6-17(21)7-10-24(14-21)19-18-8-11-25(20(18)23-15-22-19)16-26-12-13-27(2,3)4;1-20-11-25(19-16-5-7-21-18(16)23-13-24-19)8-6-14(20)10-26(12-20)17-4-3-15(9-22-17)29(2,27)28;1-11(2,10)6-3-4-7(8)9-5-6/h8,11,15,17H,5-7,9-10,12-14,16H2,1-4H3;3-5,7,9,13-14H,6,8,10-12H2,1-2H3,(H,21,23,24);3-5H,1H2,2H3/t17-,21+;14-,20+;/m01./s1. The van der Waals surface area contributed by atoms with Gasteiger partial charge in [0.05, 0.1) is 15.7 Å². The maximum absolute atomic E-state index is 11.7. The summed E-state index contributed by atoms with van der Waals surface area (Å²) in [5, 5.41) is 2.62. The van der Waals surface area contributed by atoms with Gasteiger partial charge in [-0.15, -0.1) is 0 Å². The first-order valence-electron chi connectivity index (χ1n) is 23.2. The Kier molecular flexibility index (Phi) is 14.1. The fourth-order valence-electron chi connectivity index (χ4n) is 10.3. The van der Waals surface area contributed by atoms with Crippen LogP contribution in [-0.2, 0) is 30.8 Å². The summed E-state index contributed by atoms with van der Waals surface area (Å²) >= 11 is 5.54. The van der Waals surface area contributed by atoms with E-state index in [0.717, 1.165) is 97.7 Å². The predicted octanol–water partition coefficient (Wildman–Crippen LogP) is 8.31. The molecule has 6 aromatic rings. The Morgan fingerprint density at radius 3 is 2.13 bits per heavy atom. The minimum absolute atomic E-state index is 0.114. The van der Waals surface area contributed by atoms with Gasteiger partial charge in [-0.25, -0.2) is 38.3 Å². The molecule has 3 saturated heterocycles. The van der Waals surface area contributed by atoms with Crippen molar-refractivity contribution in [2.45, 2.75) is 88.2 Å². The molecule has 9 heterocycles. The lowest BCUT2D eigenvalue weighted by Gasteiger charge is -2.43. The number of nitrogens with one attached hydrogen (secondary N) is 1. The Bertz CT molecular complexity index is 2890. The average molecular weight is 989 g/mol. The van der Waals surface area contributed by atoms with Gasteiger partial charge in [0.25, 0.3) is 0 Å². The number of sulfone groups is 1. The Balaban J connectivity index is 0.000000149. The van der Waals surface area contributed by atoms with Gasteiger partial charge < -0.3 is 29.0 Å². The van der Waals surface area contributed by atoms with Gasteiger partial charge in [0.15, 0.2) is 9.84 Å². The smallest absolute Gasteiger partial charge is 0.177 e. The molecule has 1 unspecified atom stereocenters. The number of aromatic amines is 1. The summed E-state index contributed by atoms with van der Waals surface area (Å²) in [4.78, 5) is 37.6. The van der Waals surface area contributed by atoms with Crippen molar-refractivity contribution in [1.29, 1.82) is 0 Å². The third-order valence-electron chi connectivity index (χ3n) is 14.2. The molecular formula is C48H66ClN11O4S2Si. The van der Waals surface area contributed by atoms with Crippen LogP contribution in [0.25, 0.3) is 22.1 Å². The summed E-state index contributed by atoms with van der Waals surface area (Å²) in [6.07, 6.45) is 19.6. The van der Waals surface area contributed by atoms with Gasteiger partial charge in [0.2, 0.25) is 0 Å². The zero-order valence-corrected chi connectivity index (χ0v) is 43.4. The first-order chi connectivity index (χ1) is 31.7. The van der Waals surface area contributed by atoms with Crippen molar-refractivity contribution in [2.75, 3.05) is 73.1 Å². The molecule has 19 heteroatoms. The lowest BCUT2D eigenvalue weighted by Crippen LogP contribution is -2.47. The van der Waals surface area contributed by atoms with Crippen LogP contribution in [0.2, 0.25) is 30.8 Å². The van der Waals surface area contributed by atoms with E-state index in [4.69, 9.17) is 16.3 Å². The Hall–Kier alpha value is -4.62. The van der Waals surface area contributed by atoms with E-state index >= 15 is 0 Å². The molecule has 4 aliphatic rings. The largest absolute Gasteiger partial charge is 0.361 e. The molecule has 67 heavy (non-hydrogen) atoms. The van der Waals surface area contributed by atoms with Crippen LogP contribution in [0.5, 0.6) is 0 Å². The maximum atomic E-state index is 11.7. The number of pyridine rings is 2. The summed E-state index contributed by atoms with van der Waals surface area (Å²) in [7, 11) is -6.42. The highest BCUT2D eigenvalue weighted by Gasteiger charge is 2.47. The topological polar surface area (TPSA) is 168 Å². The predicted molar refractivity (Wildman–Crippen MR) is 274 cm³/mol. The zero-order chi connectivity index (χ0) is 47.8. The summed E-state index contributed by atoms with van der Waals surface area (Å²) in [5.41, 5.74) is 2.43. The number of fused-ring (bicyclic) bond motifs is 4. The van der Waals surface area contributed by atoms with Gasteiger partial charge in [-0.2, -0.15) is 0 Å². The van der Waals surface area contributed by atoms with Gasteiger partial charge in [0.1, 0.15) is 53.3 Å². The van der Waals surface area contributed by atoms with E-state index in [1.54, 1.807) is 37.1 Å². The molecule has 1 saturated carbocycles. The number of piperidine rings is 2. The first kappa shape index (κ1) is 48.8. The van der Waals surface area contributed by atoms with Crippen LogP contribution in [-0.4, -0.2) is 124 Å². The lowest BCUT2D eigenvalue weighted by molar-refractivity contribution is 0.0899. The Labute approximate surface area is 402 Å². The normalized spacial score (nSPS) is 23.8. The molecule has 0 aromatic carbocycles. The van der Waals surface area contributed by atoms with Crippen molar-refractivity contribution in [3.05, 3.63) is 79.0 Å². The summed E-state index contributed by atoms with van der Waals surface area (Å²) in [6.45, 7) is 19.3. The van der Waals surface area contributed by atoms with Gasteiger partial charge in [-0.05, 0) is 101 Å². The number of nitrogens with zero attached hydrogens (tertiary/aromatic N) is 10. The number of hydrogen-bond acceptors (Lipinski definition) is 13. The second kappa shape index (κ2) is 19.4. The van der Waals surface area contributed by atoms with Crippen molar-refractivity contribution in [1.82, 2.24) is 39.5 Å². The number of anilines is 3. The monoisotopic (exact) mass is 987 g/mol. The molecular weight excluding hydrogens is 922 g/mol. The number of hydrogen-bond donors (Lipinski definition) is 1. The highest BCUT2D eigenvalue weighted by Crippen LogP contribution is 2.49.